The SMILES string of the molecule is CCCc1noc(CN2CCCN(CC(=O)O)CC2)n1. The molecule has 0 bridgehead atoms. The number of aliphatic carboxylic acids is 1. The molecule has 7 nitrogen and oxygen atoms in total. The Labute approximate surface area is 118 Å². The van der Waals surface area contributed by atoms with Gasteiger partial charge in [-0.1, -0.05) is 12.1 Å². The van der Waals surface area contributed by atoms with Gasteiger partial charge in [0.25, 0.3) is 0 Å². The third kappa shape index (κ3) is 4.57. The fourth-order valence-electron chi connectivity index (χ4n) is 2.40. The van der Waals surface area contributed by atoms with E-state index in [1.54, 1.807) is 0 Å². The summed E-state index contributed by atoms with van der Waals surface area (Å²) in [5.41, 5.74) is 0. The minimum Gasteiger partial charge on any atom is -0.480 e. The quantitative estimate of drug-likeness (QED) is 0.818. The van der Waals surface area contributed by atoms with Crippen molar-refractivity contribution in [3.8, 4) is 0 Å². The third-order valence-electron chi connectivity index (χ3n) is 3.38. The minimum absolute atomic E-state index is 0.120. The number of nitrogens with zero attached hydrogens (tertiary/aromatic N) is 4. The summed E-state index contributed by atoms with van der Waals surface area (Å²) < 4.78 is 5.24. The number of aryl methyl sites for hydroxylation is 1. The maximum atomic E-state index is 10.7. The second kappa shape index (κ2) is 7.35. The summed E-state index contributed by atoms with van der Waals surface area (Å²) in [6.07, 6.45) is 2.81. The largest absolute Gasteiger partial charge is 0.480 e. The van der Waals surface area contributed by atoms with Gasteiger partial charge in [-0.15, -0.1) is 0 Å². The summed E-state index contributed by atoms with van der Waals surface area (Å²) in [6.45, 7) is 6.21. The molecule has 2 rings (SSSR count). The molecule has 112 valence electrons. The van der Waals surface area contributed by atoms with Crippen LogP contribution >= 0.6 is 0 Å². The van der Waals surface area contributed by atoms with E-state index >= 15 is 0 Å². The van der Waals surface area contributed by atoms with Gasteiger partial charge in [-0.3, -0.25) is 14.6 Å². The van der Waals surface area contributed by atoms with Gasteiger partial charge in [0, 0.05) is 26.1 Å². The highest BCUT2D eigenvalue weighted by Crippen LogP contribution is 2.08. The van der Waals surface area contributed by atoms with E-state index in [2.05, 4.69) is 22.0 Å². The van der Waals surface area contributed by atoms with Gasteiger partial charge in [0.05, 0.1) is 13.1 Å². The van der Waals surface area contributed by atoms with Gasteiger partial charge < -0.3 is 9.63 Å². The number of carboxylic acid groups (broad SMARTS) is 1. The molecule has 0 atom stereocenters. The smallest absolute Gasteiger partial charge is 0.317 e. The first-order valence-corrected chi connectivity index (χ1v) is 7.15. The van der Waals surface area contributed by atoms with E-state index in [-0.39, 0.29) is 6.54 Å². The molecule has 0 spiro atoms. The Morgan fingerprint density at radius 1 is 1.30 bits per heavy atom. The molecule has 0 saturated carbocycles. The van der Waals surface area contributed by atoms with Crippen molar-refractivity contribution in [2.75, 3.05) is 32.7 Å². The Balaban J connectivity index is 1.82. The molecule has 2 heterocycles. The van der Waals surface area contributed by atoms with Crippen molar-refractivity contribution in [2.45, 2.75) is 32.7 Å². The van der Waals surface area contributed by atoms with Crippen LogP contribution in [0.4, 0.5) is 0 Å². The number of rotatable bonds is 6. The monoisotopic (exact) mass is 282 g/mol. The topological polar surface area (TPSA) is 82.7 Å². The molecule has 0 aliphatic carbocycles. The average Bonchev–Trinajstić information content (AvgIpc) is 2.71. The van der Waals surface area contributed by atoms with Crippen LogP contribution in [-0.2, 0) is 17.8 Å². The van der Waals surface area contributed by atoms with E-state index in [1.807, 2.05) is 4.90 Å². The molecule has 0 radical (unpaired) electrons. The molecule has 0 aromatic carbocycles. The Bertz CT molecular complexity index is 435. The zero-order valence-corrected chi connectivity index (χ0v) is 11.9. The molecule has 0 amide bonds. The van der Waals surface area contributed by atoms with Crippen LogP contribution in [0.1, 0.15) is 31.5 Å². The summed E-state index contributed by atoms with van der Waals surface area (Å²) in [7, 11) is 0. The van der Waals surface area contributed by atoms with Crippen LogP contribution in [0.3, 0.4) is 0 Å². The highest BCUT2D eigenvalue weighted by atomic mass is 16.5. The minimum atomic E-state index is -0.764. The molecule has 1 aliphatic heterocycles. The van der Waals surface area contributed by atoms with E-state index in [1.165, 1.54) is 0 Å². The van der Waals surface area contributed by atoms with Gasteiger partial charge in [-0.05, 0) is 19.4 Å². The lowest BCUT2D eigenvalue weighted by molar-refractivity contribution is -0.138. The normalized spacial score (nSPS) is 18.1. The first-order chi connectivity index (χ1) is 9.67. The Morgan fingerprint density at radius 2 is 2.05 bits per heavy atom. The van der Waals surface area contributed by atoms with E-state index < -0.39 is 5.97 Å². The van der Waals surface area contributed by atoms with E-state index in [0.717, 1.165) is 51.3 Å². The lowest BCUT2D eigenvalue weighted by Gasteiger charge is -2.18. The van der Waals surface area contributed by atoms with Crippen molar-refractivity contribution in [2.24, 2.45) is 0 Å². The predicted octanol–water partition coefficient (Wildman–Crippen LogP) is 0.614. The predicted molar refractivity (Wildman–Crippen MR) is 72.3 cm³/mol. The molecule has 0 unspecified atom stereocenters. The van der Waals surface area contributed by atoms with Crippen LogP contribution in [0.15, 0.2) is 4.52 Å². The zero-order valence-electron chi connectivity index (χ0n) is 11.9. The molecule has 1 aliphatic rings. The van der Waals surface area contributed by atoms with Crippen molar-refractivity contribution in [1.29, 1.82) is 0 Å². The van der Waals surface area contributed by atoms with E-state index in [4.69, 9.17) is 9.63 Å². The first-order valence-electron chi connectivity index (χ1n) is 7.15. The molecular formula is C13H22N4O3. The fraction of sp³-hybridized carbons (Fsp3) is 0.769. The molecule has 1 aromatic rings. The first kappa shape index (κ1) is 14.9. The van der Waals surface area contributed by atoms with Gasteiger partial charge >= 0.3 is 5.97 Å². The van der Waals surface area contributed by atoms with Crippen LogP contribution in [0.5, 0.6) is 0 Å². The number of hydrogen-bond donors (Lipinski definition) is 1. The van der Waals surface area contributed by atoms with E-state index in [9.17, 15) is 4.79 Å². The van der Waals surface area contributed by atoms with Crippen molar-refractivity contribution >= 4 is 5.97 Å². The van der Waals surface area contributed by atoms with Gasteiger partial charge in [0.15, 0.2) is 5.82 Å². The zero-order chi connectivity index (χ0) is 14.4. The third-order valence-corrected chi connectivity index (χ3v) is 3.38. The molecule has 1 saturated heterocycles. The van der Waals surface area contributed by atoms with Crippen LogP contribution in [-0.4, -0.2) is 63.7 Å². The van der Waals surface area contributed by atoms with Gasteiger partial charge in [0.1, 0.15) is 0 Å². The van der Waals surface area contributed by atoms with Crippen LogP contribution in [0, 0.1) is 0 Å². The molecular weight excluding hydrogens is 260 g/mol. The number of carboxylic acids is 1. The maximum absolute atomic E-state index is 10.7. The van der Waals surface area contributed by atoms with Gasteiger partial charge in [-0.25, -0.2) is 0 Å². The lowest BCUT2D eigenvalue weighted by Crippen LogP contribution is -2.34. The molecule has 1 N–H and O–H groups in total. The van der Waals surface area contributed by atoms with Gasteiger partial charge in [-0.2, -0.15) is 4.98 Å². The average molecular weight is 282 g/mol. The summed E-state index contributed by atoms with van der Waals surface area (Å²) >= 11 is 0. The number of carbonyl (C=O) groups is 1. The highest BCUT2D eigenvalue weighted by molar-refractivity contribution is 5.69. The highest BCUT2D eigenvalue weighted by Gasteiger charge is 2.18. The summed E-state index contributed by atoms with van der Waals surface area (Å²) in [5.74, 6) is 0.657. The fourth-order valence-corrected chi connectivity index (χ4v) is 2.40. The standard InChI is InChI=1S/C13H22N4O3/c1-2-4-11-14-12(20-15-11)9-16-5-3-6-17(8-7-16)10-13(18)19/h2-10H2,1H3,(H,18,19). The molecule has 20 heavy (non-hydrogen) atoms. The van der Waals surface area contributed by atoms with E-state index in [0.29, 0.717) is 12.4 Å². The molecule has 1 aromatic heterocycles. The Hall–Kier alpha value is -1.47. The molecule has 1 fully saturated rings. The number of aromatic nitrogens is 2. The second-order valence-corrected chi connectivity index (χ2v) is 5.15. The number of hydrogen-bond acceptors (Lipinski definition) is 6. The maximum Gasteiger partial charge on any atom is 0.317 e. The Kier molecular flexibility index (Phi) is 5.49. The summed E-state index contributed by atoms with van der Waals surface area (Å²) in [4.78, 5) is 19.3. The van der Waals surface area contributed by atoms with Gasteiger partial charge in [0.2, 0.25) is 5.89 Å². The summed E-state index contributed by atoms with van der Waals surface area (Å²) in [5, 5.41) is 12.8. The molecule has 7 heteroatoms. The van der Waals surface area contributed by atoms with Crippen molar-refractivity contribution < 1.29 is 14.4 Å². The van der Waals surface area contributed by atoms with Crippen LogP contribution < -0.4 is 0 Å². The van der Waals surface area contributed by atoms with Crippen LogP contribution in [0.25, 0.3) is 0 Å². The second-order valence-electron chi connectivity index (χ2n) is 5.15. The summed E-state index contributed by atoms with van der Waals surface area (Å²) in [6, 6.07) is 0. The lowest BCUT2D eigenvalue weighted by atomic mass is 10.3. The van der Waals surface area contributed by atoms with Crippen molar-refractivity contribution in [3.63, 3.8) is 0 Å². The van der Waals surface area contributed by atoms with Crippen LogP contribution in [0.2, 0.25) is 0 Å². The Morgan fingerprint density at radius 3 is 2.80 bits per heavy atom. The van der Waals surface area contributed by atoms with Crippen molar-refractivity contribution in [3.05, 3.63) is 11.7 Å². The van der Waals surface area contributed by atoms with Crippen molar-refractivity contribution in [1.82, 2.24) is 19.9 Å².